The number of benzene rings is 1. The molecule has 17 heavy (non-hydrogen) atoms. The lowest BCUT2D eigenvalue weighted by molar-refractivity contribution is 0.0725. The second-order valence-corrected chi connectivity index (χ2v) is 4.10. The molecule has 0 radical (unpaired) electrons. The van der Waals surface area contributed by atoms with Crippen LogP contribution in [-0.4, -0.2) is 37.0 Å². The molecule has 0 spiro atoms. The van der Waals surface area contributed by atoms with Crippen LogP contribution in [0.1, 0.15) is 15.9 Å². The number of carbonyl (C=O) groups excluding carboxylic acids is 1. The third kappa shape index (κ3) is 2.29. The highest BCUT2D eigenvalue weighted by Crippen LogP contribution is 2.18. The molecule has 3 nitrogen and oxygen atoms in total. The maximum absolute atomic E-state index is 13.8. The topological polar surface area (TPSA) is 32.3 Å². The van der Waals surface area contributed by atoms with Crippen LogP contribution < -0.4 is 5.32 Å². The Morgan fingerprint density at radius 2 is 1.94 bits per heavy atom. The molecule has 2 rings (SSSR count). The molecule has 1 aromatic carbocycles. The van der Waals surface area contributed by atoms with Gasteiger partial charge in [0.25, 0.3) is 5.91 Å². The smallest absolute Gasteiger partial charge is 0.259 e. The maximum Gasteiger partial charge on any atom is 0.259 e. The lowest BCUT2D eigenvalue weighted by Gasteiger charge is -2.27. The van der Waals surface area contributed by atoms with Gasteiger partial charge in [-0.15, -0.1) is 0 Å². The molecule has 1 heterocycles. The first-order chi connectivity index (χ1) is 8.11. The summed E-state index contributed by atoms with van der Waals surface area (Å²) < 4.78 is 27.3. The van der Waals surface area contributed by atoms with Crippen LogP contribution in [0.4, 0.5) is 8.78 Å². The fourth-order valence-electron chi connectivity index (χ4n) is 1.88. The minimum atomic E-state index is -0.795. The third-order valence-corrected chi connectivity index (χ3v) is 2.90. The van der Waals surface area contributed by atoms with Crippen LogP contribution >= 0.6 is 0 Å². The first kappa shape index (κ1) is 12.0. The van der Waals surface area contributed by atoms with Gasteiger partial charge in [0.1, 0.15) is 17.2 Å². The predicted molar refractivity (Wildman–Crippen MR) is 59.9 cm³/mol. The second-order valence-electron chi connectivity index (χ2n) is 4.10. The Morgan fingerprint density at radius 3 is 2.59 bits per heavy atom. The number of hydrogen-bond donors (Lipinski definition) is 1. The number of aryl methyl sites for hydroxylation is 1. The standard InChI is InChI=1S/C12H14F2N2O/c1-8-2-3-9(13)10(11(8)14)12(17)16-6-4-15-5-7-16/h2-3,15H,4-7H2,1H3. The fraction of sp³-hybridized carbons (Fsp3) is 0.417. The van der Waals surface area contributed by atoms with Gasteiger partial charge >= 0.3 is 0 Å². The molecule has 1 aliphatic heterocycles. The number of halogens is 2. The van der Waals surface area contributed by atoms with Gasteiger partial charge in [-0.3, -0.25) is 4.79 Å². The number of hydrogen-bond acceptors (Lipinski definition) is 2. The summed E-state index contributed by atoms with van der Waals surface area (Å²) in [6, 6.07) is 2.47. The Balaban J connectivity index is 2.32. The largest absolute Gasteiger partial charge is 0.336 e. The van der Waals surface area contributed by atoms with E-state index in [2.05, 4.69) is 5.32 Å². The first-order valence-electron chi connectivity index (χ1n) is 5.56. The summed E-state index contributed by atoms with van der Waals surface area (Å²) in [5.41, 5.74) is -0.156. The Labute approximate surface area is 98.4 Å². The zero-order valence-corrected chi connectivity index (χ0v) is 9.59. The van der Waals surface area contributed by atoms with Gasteiger partial charge in [0.05, 0.1) is 0 Å². The van der Waals surface area contributed by atoms with Crippen molar-refractivity contribution < 1.29 is 13.6 Å². The second kappa shape index (κ2) is 4.79. The monoisotopic (exact) mass is 240 g/mol. The van der Waals surface area contributed by atoms with Crippen molar-refractivity contribution in [2.75, 3.05) is 26.2 Å². The Bertz CT molecular complexity index is 442. The van der Waals surface area contributed by atoms with E-state index in [4.69, 9.17) is 0 Å². The van der Waals surface area contributed by atoms with Crippen molar-refractivity contribution in [2.45, 2.75) is 6.92 Å². The van der Waals surface area contributed by atoms with Crippen LogP contribution in [0.5, 0.6) is 0 Å². The lowest BCUT2D eigenvalue weighted by Crippen LogP contribution is -2.46. The summed E-state index contributed by atoms with van der Waals surface area (Å²) in [4.78, 5) is 13.5. The molecule has 0 unspecified atom stereocenters. The molecule has 1 aromatic rings. The number of amides is 1. The Morgan fingerprint density at radius 1 is 1.29 bits per heavy atom. The average molecular weight is 240 g/mol. The van der Waals surface area contributed by atoms with Gasteiger partial charge in [-0.2, -0.15) is 0 Å². The number of nitrogens with one attached hydrogen (secondary N) is 1. The van der Waals surface area contributed by atoms with Gasteiger partial charge in [0.15, 0.2) is 0 Å². The molecular weight excluding hydrogens is 226 g/mol. The Kier molecular flexibility index (Phi) is 3.38. The van der Waals surface area contributed by atoms with Crippen molar-refractivity contribution in [3.63, 3.8) is 0 Å². The molecular formula is C12H14F2N2O. The van der Waals surface area contributed by atoms with Crippen molar-refractivity contribution in [1.82, 2.24) is 10.2 Å². The summed E-state index contributed by atoms with van der Waals surface area (Å²) in [5.74, 6) is -2.12. The molecule has 92 valence electrons. The predicted octanol–water partition coefficient (Wildman–Crippen LogP) is 1.32. The Hall–Kier alpha value is -1.49. The van der Waals surface area contributed by atoms with E-state index >= 15 is 0 Å². The van der Waals surface area contributed by atoms with Crippen molar-refractivity contribution in [1.29, 1.82) is 0 Å². The van der Waals surface area contributed by atoms with Crippen molar-refractivity contribution in [3.05, 3.63) is 34.9 Å². The highest BCUT2D eigenvalue weighted by Gasteiger charge is 2.25. The molecule has 0 saturated carbocycles. The number of rotatable bonds is 1. The number of piperazine rings is 1. The summed E-state index contributed by atoms with van der Waals surface area (Å²) in [7, 11) is 0. The highest BCUT2D eigenvalue weighted by atomic mass is 19.1. The SMILES string of the molecule is Cc1ccc(F)c(C(=O)N2CCNCC2)c1F. The molecule has 0 aliphatic carbocycles. The van der Waals surface area contributed by atoms with E-state index in [-0.39, 0.29) is 5.56 Å². The lowest BCUT2D eigenvalue weighted by atomic mass is 10.1. The van der Waals surface area contributed by atoms with Crippen molar-refractivity contribution in [3.8, 4) is 0 Å². The van der Waals surface area contributed by atoms with E-state index in [1.54, 1.807) is 0 Å². The van der Waals surface area contributed by atoms with E-state index < -0.39 is 23.1 Å². The van der Waals surface area contributed by atoms with Crippen molar-refractivity contribution >= 4 is 5.91 Å². The molecule has 0 aromatic heterocycles. The molecule has 5 heteroatoms. The molecule has 1 amide bonds. The number of nitrogens with zero attached hydrogens (tertiary/aromatic N) is 1. The molecule has 0 bridgehead atoms. The van der Waals surface area contributed by atoms with Gasteiger partial charge in [-0.25, -0.2) is 8.78 Å². The van der Waals surface area contributed by atoms with E-state index in [1.807, 2.05) is 0 Å². The van der Waals surface area contributed by atoms with Crippen LogP contribution in [0.25, 0.3) is 0 Å². The molecule has 0 atom stereocenters. The average Bonchev–Trinajstić information content (AvgIpc) is 2.35. The maximum atomic E-state index is 13.8. The van der Waals surface area contributed by atoms with Gasteiger partial charge in [0, 0.05) is 26.2 Å². The van der Waals surface area contributed by atoms with Crippen molar-refractivity contribution in [2.24, 2.45) is 0 Å². The number of carbonyl (C=O) groups is 1. The van der Waals surface area contributed by atoms with E-state index in [0.717, 1.165) is 6.07 Å². The van der Waals surface area contributed by atoms with Gasteiger partial charge in [-0.05, 0) is 18.6 Å². The molecule has 1 N–H and O–H groups in total. The van der Waals surface area contributed by atoms with E-state index in [0.29, 0.717) is 26.2 Å². The normalized spacial score (nSPS) is 16.1. The van der Waals surface area contributed by atoms with Crippen LogP contribution in [0.3, 0.4) is 0 Å². The quantitative estimate of drug-likeness (QED) is 0.803. The summed E-state index contributed by atoms with van der Waals surface area (Å²) in [5, 5.41) is 3.08. The summed E-state index contributed by atoms with van der Waals surface area (Å²) >= 11 is 0. The summed E-state index contributed by atoms with van der Waals surface area (Å²) in [6.07, 6.45) is 0. The van der Waals surface area contributed by atoms with Crippen LogP contribution in [0.2, 0.25) is 0 Å². The van der Waals surface area contributed by atoms with Gasteiger partial charge < -0.3 is 10.2 Å². The third-order valence-electron chi connectivity index (χ3n) is 2.90. The highest BCUT2D eigenvalue weighted by molar-refractivity contribution is 5.95. The minimum Gasteiger partial charge on any atom is -0.336 e. The first-order valence-corrected chi connectivity index (χ1v) is 5.56. The van der Waals surface area contributed by atoms with Crippen LogP contribution in [0.15, 0.2) is 12.1 Å². The molecule has 1 fully saturated rings. The zero-order chi connectivity index (χ0) is 12.4. The fourth-order valence-corrected chi connectivity index (χ4v) is 1.88. The molecule has 1 aliphatic rings. The van der Waals surface area contributed by atoms with Gasteiger partial charge in [0.2, 0.25) is 0 Å². The van der Waals surface area contributed by atoms with E-state index in [1.165, 1.54) is 17.9 Å². The van der Waals surface area contributed by atoms with Crippen LogP contribution in [0, 0.1) is 18.6 Å². The zero-order valence-electron chi connectivity index (χ0n) is 9.59. The van der Waals surface area contributed by atoms with Crippen LogP contribution in [-0.2, 0) is 0 Å². The van der Waals surface area contributed by atoms with Gasteiger partial charge in [-0.1, -0.05) is 6.07 Å². The molecule has 1 saturated heterocycles. The van der Waals surface area contributed by atoms with E-state index in [9.17, 15) is 13.6 Å². The minimum absolute atomic E-state index is 0.282. The summed E-state index contributed by atoms with van der Waals surface area (Å²) in [6.45, 7) is 3.78.